The molecule has 0 N–H and O–H groups in total. The largest absolute Gasteiger partial charge is 0.458 e. The van der Waals surface area contributed by atoms with Crippen molar-refractivity contribution in [2.45, 2.75) is 12.8 Å². The van der Waals surface area contributed by atoms with E-state index in [-0.39, 0.29) is 24.3 Å². The number of carbonyl (C=O) groups excluding carboxylic acids is 2. The third kappa shape index (κ3) is 4.33. The van der Waals surface area contributed by atoms with Crippen molar-refractivity contribution in [2.75, 3.05) is 13.2 Å². The van der Waals surface area contributed by atoms with E-state index in [1.54, 1.807) is 24.3 Å². The van der Waals surface area contributed by atoms with Crippen LogP contribution in [0.2, 0.25) is 0 Å². The number of hydrogen-bond donors (Lipinski definition) is 0. The number of ether oxygens (including phenoxy) is 2. The molecule has 0 aliphatic heterocycles. The summed E-state index contributed by atoms with van der Waals surface area (Å²) in [5.74, 6) is 1.10. The van der Waals surface area contributed by atoms with Crippen LogP contribution in [0.4, 0.5) is 0 Å². The second-order valence-corrected chi connectivity index (χ2v) is 7.16. The molecule has 0 aromatic heterocycles. The lowest BCUT2D eigenvalue weighted by molar-refractivity contribution is 0.0502. The van der Waals surface area contributed by atoms with Gasteiger partial charge in [0.15, 0.2) is 0 Å². The summed E-state index contributed by atoms with van der Waals surface area (Å²) in [4.78, 5) is 24.5. The van der Waals surface area contributed by atoms with Gasteiger partial charge in [0.25, 0.3) is 0 Å². The summed E-state index contributed by atoms with van der Waals surface area (Å²) in [7, 11) is 0. The van der Waals surface area contributed by atoms with E-state index in [1.807, 2.05) is 6.08 Å². The quantitative estimate of drug-likeness (QED) is 0.484. The molecule has 0 radical (unpaired) electrons. The second kappa shape index (κ2) is 9.36. The van der Waals surface area contributed by atoms with Gasteiger partial charge in [0.1, 0.15) is 13.2 Å². The molecule has 0 saturated heterocycles. The molecule has 1 fully saturated rings. The molecule has 0 spiro atoms. The number of carbonyl (C=O) groups is 2. The zero-order valence-corrected chi connectivity index (χ0v) is 16.0. The zero-order chi connectivity index (χ0) is 19.9. The van der Waals surface area contributed by atoms with Crippen LogP contribution in [0.5, 0.6) is 0 Å². The highest BCUT2D eigenvalue weighted by atomic mass is 16.5. The fraction of sp³-hybridized carbons (Fsp3) is 0.333. The molecule has 146 valence electrons. The van der Waals surface area contributed by atoms with Crippen molar-refractivity contribution in [1.29, 1.82) is 0 Å². The fourth-order valence-corrected chi connectivity index (χ4v) is 4.22. The smallest absolute Gasteiger partial charge is 0.339 e. The summed E-state index contributed by atoms with van der Waals surface area (Å²) in [5, 5.41) is 0. The van der Waals surface area contributed by atoms with Gasteiger partial charge in [-0.3, -0.25) is 0 Å². The van der Waals surface area contributed by atoms with E-state index in [1.165, 1.54) is 6.08 Å². The minimum atomic E-state index is -0.566. The monoisotopic (exact) mass is 378 g/mol. The van der Waals surface area contributed by atoms with Crippen molar-refractivity contribution in [2.24, 2.45) is 23.7 Å². The van der Waals surface area contributed by atoms with E-state index in [4.69, 9.17) is 9.47 Å². The molecular formula is C24H26O4. The summed E-state index contributed by atoms with van der Waals surface area (Å²) in [6, 6.07) is 6.49. The number of rotatable bonds is 8. The average molecular weight is 378 g/mol. The van der Waals surface area contributed by atoms with Crippen molar-refractivity contribution in [1.82, 2.24) is 0 Å². The van der Waals surface area contributed by atoms with Gasteiger partial charge >= 0.3 is 11.9 Å². The Bertz CT molecular complexity index is 805. The van der Waals surface area contributed by atoms with Crippen LogP contribution in [0.3, 0.4) is 0 Å². The van der Waals surface area contributed by atoms with Gasteiger partial charge in [-0.25, -0.2) is 9.59 Å². The molecule has 2 aliphatic carbocycles. The Hall–Kier alpha value is -2.88. The van der Waals surface area contributed by atoms with Crippen LogP contribution < -0.4 is 0 Å². The molecule has 4 unspecified atom stereocenters. The first-order valence-corrected chi connectivity index (χ1v) is 9.65. The predicted molar refractivity (Wildman–Crippen MR) is 109 cm³/mol. The lowest BCUT2D eigenvalue weighted by Crippen LogP contribution is -2.14. The summed E-state index contributed by atoms with van der Waals surface area (Å²) in [6.45, 7) is 7.74. The van der Waals surface area contributed by atoms with Gasteiger partial charge in [0, 0.05) is 0 Å². The van der Waals surface area contributed by atoms with Crippen molar-refractivity contribution in [3.63, 3.8) is 0 Å². The molecule has 3 rings (SSSR count). The van der Waals surface area contributed by atoms with E-state index >= 15 is 0 Å². The SMILES string of the molecule is C=CCOC(=O)c1ccccc1C(=O)OCC=CC1CC(C=C)C2CC=CC12. The van der Waals surface area contributed by atoms with Crippen LogP contribution in [0.25, 0.3) is 0 Å². The standard InChI is InChI=1S/C24H26O4/c1-3-14-27-23(25)21-10-5-6-11-22(21)24(26)28-15-8-9-18-16-17(4-2)19-12-7-13-20(18)19/h3-11,13,17-20H,1-2,12,14-16H2. The third-order valence-electron chi connectivity index (χ3n) is 5.55. The van der Waals surface area contributed by atoms with E-state index in [9.17, 15) is 9.59 Å². The van der Waals surface area contributed by atoms with Gasteiger partial charge in [-0.2, -0.15) is 0 Å². The molecule has 0 bridgehead atoms. The number of esters is 2. The highest BCUT2D eigenvalue weighted by Gasteiger charge is 2.40. The highest BCUT2D eigenvalue weighted by molar-refractivity contribution is 6.03. The second-order valence-electron chi connectivity index (χ2n) is 7.16. The maximum Gasteiger partial charge on any atom is 0.339 e. The average Bonchev–Trinajstić information content (AvgIpc) is 3.32. The van der Waals surface area contributed by atoms with E-state index in [2.05, 4.69) is 37.5 Å². The van der Waals surface area contributed by atoms with Crippen LogP contribution >= 0.6 is 0 Å². The topological polar surface area (TPSA) is 52.6 Å². The minimum Gasteiger partial charge on any atom is -0.458 e. The Morgan fingerprint density at radius 2 is 1.71 bits per heavy atom. The van der Waals surface area contributed by atoms with E-state index in [0.717, 1.165) is 12.8 Å². The van der Waals surface area contributed by atoms with Crippen molar-refractivity contribution in [3.8, 4) is 0 Å². The molecular weight excluding hydrogens is 352 g/mol. The maximum absolute atomic E-state index is 12.4. The number of allylic oxidation sites excluding steroid dienone is 4. The van der Waals surface area contributed by atoms with Crippen LogP contribution in [0.15, 0.2) is 73.9 Å². The molecule has 4 nitrogen and oxygen atoms in total. The van der Waals surface area contributed by atoms with Gasteiger partial charge in [-0.1, -0.05) is 55.2 Å². The Balaban J connectivity index is 1.57. The maximum atomic E-state index is 12.4. The molecule has 0 heterocycles. The van der Waals surface area contributed by atoms with Gasteiger partial charge in [-0.15, -0.1) is 6.58 Å². The predicted octanol–water partition coefficient (Wildman–Crippen LogP) is 4.76. The number of hydrogen-bond acceptors (Lipinski definition) is 4. The van der Waals surface area contributed by atoms with Gasteiger partial charge in [-0.05, 0) is 48.6 Å². The lowest BCUT2D eigenvalue weighted by Gasteiger charge is -2.15. The highest BCUT2D eigenvalue weighted by Crippen LogP contribution is 2.48. The first-order chi connectivity index (χ1) is 13.7. The Morgan fingerprint density at radius 1 is 1.04 bits per heavy atom. The summed E-state index contributed by atoms with van der Waals surface area (Å²) in [5.41, 5.74) is 0.401. The molecule has 1 aromatic carbocycles. The molecule has 4 atom stereocenters. The minimum absolute atomic E-state index is 0.0919. The van der Waals surface area contributed by atoms with Gasteiger partial charge in [0.2, 0.25) is 0 Å². The molecule has 1 aromatic rings. The normalized spacial score (nSPS) is 25.4. The van der Waals surface area contributed by atoms with Gasteiger partial charge in [0.05, 0.1) is 11.1 Å². The van der Waals surface area contributed by atoms with Crippen molar-refractivity contribution < 1.29 is 19.1 Å². The number of fused-ring (bicyclic) bond motifs is 1. The van der Waals surface area contributed by atoms with Gasteiger partial charge < -0.3 is 9.47 Å². The molecule has 28 heavy (non-hydrogen) atoms. The van der Waals surface area contributed by atoms with Crippen LogP contribution in [-0.4, -0.2) is 25.2 Å². The van der Waals surface area contributed by atoms with E-state index in [0.29, 0.717) is 23.7 Å². The third-order valence-corrected chi connectivity index (χ3v) is 5.55. The van der Waals surface area contributed by atoms with Crippen molar-refractivity contribution >= 4 is 11.9 Å². The Labute approximate surface area is 166 Å². The lowest BCUT2D eigenvalue weighted by atomic mass is 9.90. The van der Waals surface area contributed by atoms with E-state index < -0.39 is 11.9 Å². The van der Waals surface area contributed by atoms with Crippen LogP contribution in [0.1, 0.15) is 33.6 Å². The summed E-state index contributed by atoms with van der Waals surface area (Å²) >= 11 is 0. The van der Waals surface area contributed by atoms with Crippen LogP contribution in [-0.2, 0) is 9.47 Å². The zero-order valence-electron chi connectivity index (χ0n) is 16.0. The fourth-order valence-electron chi connectivity index (χ4n) is 4.22. The summed E-state index contributed by atoms with van der Waals surface area (Å²) < 4.78 is 10.4. The number of benzene rings is 1. The van der Waals surface area contributed by atoms with Crippen LogP contribution in [0, 0.1) is 23.7 Å². The molecule has 2 aliphatic rings. The summed E-state index contributed by atoms with van der Waals surface area (Å²) in [6.07, 6.45) is 14.4. The molecule has 1 saturated carbocycles. The Morgan fingerprint density at radius 3 is 2.36 bits per heavy atom. The Kier molecular flexibility index (Phi) is 6.64. The van der Waals surface area contributed by atoms with Crippen molar-refractivity contribution in [3.05, 3.63) is 85.0 Å². The first-order valence-electron chi connectivity index (χ1n) is 9.65. The molecule has 0 amide bonds. The molecule has 4 heteroatoms. The first kappa shape index (κ1) is 19.9.